The van der Waals surface area contributed by atoms with Crippen LogP contribution in [0.1, 0.15) is 25.5 Å². The van der Waals surface area contributed by atoms with Gasteiger partial charge in [-0.15, -0.1) is 0 Å². The summed E-state index contributed by atoms with van der Waals surface area (Å²) >= 11 is 0. The van der Waals surface area contributed by atoms with Crippen LogP contribution in [0.3, 0.4) is 0 Å². The summed E-state index contributed by atoms with van der Waals surface area (Å²) in [5, 5.41) is 3.38. The van der Waals surface area contributed by atoms with Gasteiger partial charge in [-0.1, -0.05) is 6.92 Å². The molecule has 1 aromatic heterocycles. The number of nitrogens with two attached hydrogens (primary N) is 1. The van der Waals surface area contributed by atoms with Crippen molar-refractivity contribution in [2.45, 2.75) is 26.7 Å². The van der Waals surface area contributed by atoms with Crippen molar-refractivity contribution in [3.05, 3.63) is 11.8 Å². The molecule has 0 aliphatic carbocycles. The predicted octanol–water partition coefficient (Wildman–Crippen LogP) is 1.51. The molecule has 0 amide bonds. The maximum Gasteiger partial charge on any atom is 0.222 e. The minimum Gasteiger partial charge on any atom is -0.370 e. The van der Waals surface area contributed by atoms with E-state index in [0.717, 1.165) is 24.0 Å². The van der Waals surface area contributed by atoms with Gasteiger partial charge in [-0.25, -0.2) is 4.98 Å². The number of aryl methyl sites for hydroxylation is 1. The molecule has 2 heterocycles. The zero-order valence-electron chi connectivity index (χ0n) is 11.3. The third kappa shape index (κ3) is 3.57. The fourth-order valence-electron chi connectivity index (χ4n) is 2.44. The number of piperidine rings is 1. The highest BCUT2D eigenvalue weighted by molar-refractivity contribution is 5.40. The summed E-state index contributed by atoms with van der Waals surface area (Å²) in [4.78, 5) is 10.8. The van der Waals surface area contributed by atoms with E-state index in [1.807, 2.05) is 13.0 Å². The minimum absolute atomic E-state index is 0.346. The second kappa shape index (κ2) is 6.00. The summed E-state index contributed by atoms with van der Waals surface area (Å²) in [7, 11) is 0. The first-order valence-electron chi connectivity index (χ1n) is 6.74. The summed E-state index contributed by atoms with van der Waals surface area (Å²) < 4.78 is 0. The van der Waals surface area contributed by atoms with Crippen molar-refractivity contribution < 1.29 is 0 Å². The van der Waals surface area contributed by atoms with E-state index < -0.39 is 0 Å². The molecule has 18 heavy (non-hydrogen) atoms. The second-order valence-electron chi connectivity index (χ2n) is 5.01. The average Bonchev–Trinajstić information content (AvgIpc) is 2.36. The van der Waals surface area contributed by atoms with Gasteiger partial charge in [-0.2, -0.15) is 4.98 Å². The number of rotatable bonds is 4. The van der Waals surface area contributed by atoms with Crippen molar-refractivity contribution in [2.24, 2.45) is 5.92 Å². The van der Waals surface area contributed by atoms with Crippen LogP contribution >= 0.6 is 0 Å². The first-order valence-corrected chi connectivity index (χ1v) is 6.74. The van der Waals surface area contributed by atoms with Crippen molar-refractivity contribution in [3.8, 4) is 0 Å². The number of nitrogen functional groups attached to an aromatic ring is 1. The molecule has 5 heteroatoms. The molecule has 3 N–H and O–H groups in total. The Bertz CT molecular complexity index is 365. The van der Waals surface area contributed by atoms with Crippen molar-refractivity contribution in [2.75, 3.05) is 37.2 Å². The smallest absolute Gasteiger partial charge is 0.222 e. The first kappa shape index (κ1) is 13.1. The highest BCUT2D eigenvalue weighted by Crippen LogP contribution is 2.17. The van der Waals surface area contributed by atoms with E-state index in [1.165, 1.54) is 32.5 Å². The van der Waals surface area contributed by atoms with E-state index in [0.29, 0.717) is 5.95 Å². The standard InChI is InChI=1S/C13H23N5/c1-3-18-6-4-11(5-7-18)9-15-12-8-10(2)16-13(14)17-12/h8,11H,3-7,9H2,1-2H3,(H3,14,15,16,17). The summed E-state index contributed by atoms with van der Waals surface area (Å²) in [5.41, 5.74) is 6.54. The van der Waals surface area contributed by atoms with Gasteiger partial charge in [0.2, 0.25) is 5.95 Å². The Morgan fingerprint density at radius 1 is 1.39 bits per heavy atom. The third-order valence-corrected chi connectivity index (χ3v) is 3.60. The van der Waals surface area contributed by atoms with Gasteiger partial charge in [0.1, 0.15) is 5.82 Å². The number of hydrogen-bond donors (Lipinski definition) is 2. The minimum atomic E-state index is 0.346. The molecular weight excluding hydrogens is 226 g/mol. The predicted molar refractivity (Wildman–Crippen MR) is 74.5 cm³/mol. The molecule has 1 fully saturated rings. The normalized spacial score (nSPS) is 17.9. The fourth-order valence-corrected chi connectivity index (χ4v) is 2.44. The SMILES string of the molecule is CCN1CCC(CNc2cc(C)nc(N)n2)CC1. The van der Waals surface area contributed by atoms with Crippen LogP contribution in [-0.4, -0.2) is 41.0 Å². The van der Waals surface area contributed by atoms with E-state index in [9.17, 15) is 0 Å². The third-order valence-electron chi connectivity index (χ3n) is 3.60. The molecule has 5 nitrogen and oxygen atoms in total. The summed E-state index contributed by atoms with van der Waals surface area (Å²) in [6.45, 7) is 8.74. The topological polar surface area (TPSA) is 67.1 Å². The molecule has 0 unspecified atom stereocenters. The number of nitrogens with one attached hydrogen (secondary N) is 1. The number of likely N-dealkylation sites (tertiary alicyclic amines) is 1. The van der Waals surface area contributed by atoms with E-state index >= 15 is 0 Å². The Hall–Kier alpha value is -1.36. The molecule has 0 saturated carbocycles. The van der Waals surface area contributed by atoms with Gasteiger partial charge >= 0.3 is 0 Å². The van der Waals surface area contributed by atoms with Crippen LogP contribution in [0.5, 0.6) is 0 Å². The molecule has 1 aromatic rings. The molecule has 0 bridgehead atoms. The van der Waals surface area contributed by atoms with Gasteiger partial charge in [-0.3, -0.25) is 0 Å². The number of anilines is 2. The monoisotopic (exact) mass is 249 g/mol. The van der Waals surface area contributed by atoms with Gasteiger partial charge in [-0.05, 0) is 45.3 Å². The lowest BCUT2D eigenvalue weighted by molar-refractivity contribution is 0.198. The van der Waals surface area contributed by atoms with Gasteiger partial charge in [0.05, 0.1) is 0 Å². The van der Waals surface area contributed by atoms with Crippen LogP contribution in [0.2, 0.25) is 0 Å². The Morgan fingerprint density at radius 2 is 2.11 bits per heavy atom. The first-order chi connectivity index (χ1) is 8.67. The van der Waals surface area contributed by atoms with Crippen LogP contribution in [0.15, 0.2) is 6.07 Å². The van der Waals surface area contributed by atoms with Crippen LogP contribution < -0.4 is 11.1 Å². The maximum absolute atomic E-state index is 5.64. The Balaban J connectivity index is 1.81. The Labute approximate surface area is 109 Å². The summed E-state index contributed by atoms with van der Waals surface area (Å²) in [6, 6.07) is 1.94. The second-order valence-corrected chi connectivity index (χ2v) is 5.01. The molecule has 1 aliphatic rings. The molecule has 1 aliphatic heterocycles. The average molecular weight is 249 g/mol. The van der Waals surface area contributed by atoms with Crippen molar-refractivity contribution in [1.82, 2.24) is 14.9 Å². The van der Waals surface area contributed by atoms with Crippen molar-refractivity contribution >= 4 is 11.8 Å². The highest BCUT2D eigenvalue weighted by Gasteiger charge is 2.17. The lowest BCUT2D eigenvalue weighted by Crippen LogP contribution is -2.35. The molecule has 0 radical (unpaired) electrons. The molecule has 1 saturated heterocycles. The van der Waals surface area contributed by atoms with Crippen LogP contribution in [0.4, 0.5) is 11.8 Å². The molecular formula is C13H23N5. The zero-order chi connectivity index (χ0) is 13.0. The fraction of sp³-hybridized carbons (Fsp3) is 0.692. The Morgan fingerprint density at radius 3 is 2.72 bits per heavy atom. The molecule has 0 spiro atoms. The van der Waals surface area contributed by atoms with Gasteiger partial charge in [0.15, 0.2) is 0 Å². The quantitative estimate of drug-likeness (QED) is 0.846. The molecule has 0 aromatic carbocycles. The van der Waals surface area contributed by atoms with Gasteiger partial charge in [0, 0.05) is 18.3 Å². The maximum atomic E-state index is 5.64. The van der Waals surface area contributed by atoms with Crippen LogP contribution in [0, 0.1) is 12.8 Å². The number of nitrogens with zero attached hydrogens (tertiary/aromatic N) is 3. The zero-order valence-corrected chi connectivity index (χ0v) is 11.3. The Kier molecular flexibility index (Phi) is 4.36. The van der Waals surface area contributed by atoms with Crippen molar-refractivity contribution in [1.29, 1.82) is 0 Å². The molecule has 100 valence electrons. The number of hydrogen-bond acceptors (Lipinski definition) is 5. The van der Waals surface area contributed by atoms with Crippen LogP contribution in [0.25, 0.3) is 0 Å². The van der Waals surface area contributed by atoms with Crippen LogP contribution in [-0.2, 0) is 0 Å². The lowest BCUT2D eigenvalue weighted by Gasteiger charge is -2.31. The number of aromatic nitrogens is 2. The van der Waals surface area contributed by atoms with E-state index in [-0.39, 0.29) is 0 Å². The van der Waals surface area contributed by atoms with E-state index in [2.05, 4.69) is 27.1 Å². The largest absolute Gasteiger partial charge is 0.370 e. The molecule has 0 atom stereocenters. The summed E-state index contributed by atoms with van der Waals surface area (Å²) in [6.07, 6.45) is 2.53. The molecule has 2 rings (SSSR count). The van der Waals surface area contributed by atoms with E-state index in [4.69, 9.17) is 5.73 Å². The summed E-state index contributed by atoms with van der Waals surface area (Å²) in [5.74, 6) is 1.93. The lowest BCUT2D eigenvalue weighted by atomic mass is 9.97. The van der Waals surface area contributed by atoms with Gasteiger partial charge < -0.3 is 16.0 Å². The van der Waals surface area contributed by atoms with Crippen molar-refractivity contribution in [3.63, 3.8) is 0 Å². The van der Waals surface area contributed by atoms with E-state index in [1.54, 1.807) is 0 Å². The highest BCUT2D eigenvalue weighted by atomic mass is 15.1. The van der Waals surface area contributed by atoms with Gasteiger partial charge in [0.25, 0.3) is 0 Å².